The van der Waals surface area contributed by atoms with Crippen LogP contribution >= 0.6 is 7.60 Å². The minimum Gasteiger partial charge on any atom is -0.480 e. The topological polar surface area (TPSA) is 176 Å². The van der Waals surface area contributed by atoms with Gasteiger partial charge >= 0.3 is 13.6 Å². The van der Waals surface area contributed by atoms with Crippen molar-refractivity contribution in [2.45, 2.75) is 43.9 Å². The lowest BCUT2D eigenvalue weighted by molar-refractivity contribution is -0.142. The number of benzene rings is 1. The van der Waals surface area contributed by atoms with Crippen LogP contribution in [-0.2, 0) is 26.7 Å². The molecular weight excluding hydrogens is 361 g/mol. The van der Waals surface area contributed by atoms with Gasteiger partial charge in [0.25, 0.3) is 0 Å². The summed E-state index contributed by atoms with van der Waals surface area (Å²) < 4.78 is 11.0. The first-order valence-electron chi connectivity index (χ1n) is 8.23. The lowest BCUT2D eigenvalue weighted by atomic mass is 10.0. The third kappa shape index (κ3) is 8.55. The predicted octanol–water partition coefficient (Wildman–Crippen LogP) is -0.0675. The molecule has 9 nitrogen and oxygen atoms in total. The monoisotopic (exact) mass is 387 g/mol. The van der Waals surface area contributed by atoms with Gasteiger partial charge in [0, 0.05) is 6.42 Å². The molecule has 0 saturated carbocycles. The number of nitrogens with one attached hydrogen (secondary N) is 1. The molecule has 0 spiro atoms. The Hall–Kier alpha value is -1.77. The zero-order chi connectivity index (χ0) is 19.7. The second-order valence-electron chi connectivity index (χ2n) is 6.13. The van der Waals surface area contributed by atoms with E-state index >= 15 is 0 Å². The van der Waals surface area contributed by atoms with Crippen molar-refractivity contribution < 1.29 is 29.0 Å². The number of aliphatic carboxylic acids is 1. The van der Waals surface area contributed by atoms with Crippen LogP contribution in [0.3, 0.4) is 0 Å². The van der Waals surface area contributed by atoms with Crippen LogP contribution in [0.25, 0.3) is 0 Å². The molecular formula is C16H26N3O6P. The normalized spacial score (nSPS) is 13.8. The van der Waals surface area contributed by atoms with Crippen LogP contribution in [0, 0.1) is 0 Å². The highest BCUT2D eigenvalue weighted by Crippen LogP contribution is 2.38. The largest absolute Gasteiger partial charge is 0.480 e. The summed E-state index contributed by atoms with van der Waals surface area (Å²) >= 11 is 0. The number of nitrogens with two attached hydrogens (primary N) is 2. The summed E-state index contributed by atoms with van der Waals surface area (Å²) in [5.74, 6) is -1.72. The molecule has 0 bridgehead atoms. The number of carboxylic acids is 1. The Morgan fingerprint density at radius 1 is 1.12 bits per heavy atom. The van der Waals surface area contributed by atoms with E-state index in [1.165, 1.54) is 12.1 Å². The highest BCUT2D eigenvalue weighted by Gasteiger charge is 2.23. The van der Waals surface area contributed by atoms with Gasteiger partial charge in [-0.2, -0.15) is 0 Å². The minimum atomic E-state index is -4.16. The molecule has 1 rings (SSSR count). The molecule has 1 amide bonds. The fraction of sp³-hybridized carbons (Fsp3) is 0.500. The van der Waals surface area contributed by atoms with Crippen LogP contribution in [0.1, 0.15) is 30.4 Å². The number of carboxylic acid groups (broad SMARTS) is 1. The van der Waals surface area contributed by atoms with Crippen molar-refractivity contribution in [3.63, 3.8) is 0 Å². The van der Waals surface area contributed by atoms with Crippen LogP contribution in [0.2, 0.25) is 0 Å². The predicted molar refractivity (Wildman–Crippen MR) is 96.3 cm³/mol. The molecule has 0 heterocycles. The fourth-order valence-corrected chi connectivity index (χ4v) is 3.06. The van der Waals surface area contributed by atoms with Crippen molar-refractivity contribution in [1.82, 2.24) is 5.32 Å². The summed E-state index contributed by atoms with van der Waals surface area (Å²) in [5.41, 5.74) is 12.2. The van der Waals surface area contributed by atoms with E-state index in [2.05, 4.69) is 5.32 Å². The molecule has 8 N–H and O–H groups in total. The molecule has 1 aromatic rings. The Kier molecular flexibility index (Phi) is 8.91. The molecule has 0 saturated heterocycles. The Morgan fingerprint density at radius 2 is 1.69 bits per heavy atom. The van der Waals surface area contributed by atoms with Gasteiger partial charge in [-0.3, -0.25) is 9.36 Å². The smallest absolute Gasteiger partial charge is 0.329 e. The number of amides is 1. The van der Waals surface area contributed by atoms with Gasteiger partial charge in [0.2, 0.25) is 5.91 Å². The molecule has 0 aliphatic rings. The standard InChI is InChI=1S/C16H26N3O6P/c17-8-2-1-3-13(18)15(20)19-14(16(21)22)9-11-4-6-12(7-5-11)10-26(23,24)25/h4-7,13-14H,1-3,8-10,17-18H2,(H,19,20)(H,21,22)(H2,23,24,25)/t13-,14-/m0/s1. The van der Waals surface area contributed by atoms with Crippen LogP contribution in [-0.4, -0.2) is 45.4 Å². The van der Waals surface area contributed by atoms with Crippen molar-refractivity contribution >= 4 is 19.5 Å². The number of carbonyl (C=O) groups excluding carboxylic acids is 1. The lowest BCUT2D eigenvalue weighted by Crippen LogP contribution is -2.49. The second kappa shape index (κ2) is 10.4. The minimum absolute atomic E-state index is 0.0345. The number of unbranched alkanes of at least 4 members (excludes halogenated alkanes) is 1. The maximum atomic E-state index is 12.0. The molecule has 10 heteroatoms. The number of rotatable bonds is 11. The average Bonchev–Trinajstić information content (AvgIpc) is 2.54. The van der Waals surface area contributed by atoms with Gasteiger partial charge in [0.15, 0.2) is 0 Å². The van der Waals surface area contributed by atoms with Crippen LogP contribution < -0.4 is 16.8 Å². The van der Waals surface area contributed by atoms with E-state index in [1.807, 2.05) is 0 Å². The van der Waals surface area contributed by atoms with Gasteiger partial charge in [-0.1, -0.05) is 30.7 Å². The van der Waals surface area contributed by atoms with Crippen LogP contribution in [0.4, 0.5) is 0 Å². The summed E-state index contributed by atoms with van der Waals surface area (Å²) in [7, 11) is -4.16. The summed E-state index contributed by atoms with van der Waals surface area (Å²) in [6.07, 6.45) is 1.50. The third-order valence-corrected chi connectivity index (χ3v) is 4.55. The van der Waals surface area contributed by atoms with Crippen LogP contribution in [0.5, 0.6) is 0 Å². The van der Waals surface area contributed by atoms with Gasteiger partial charge in [-0.25, -0.2) is 4.79 Å². The SMILES string of the molecule is NCCCC[C@H](N)C(=O)N[C@@H](Cc1ccc(CP(=O)(O)O)cc1)C(=O)O. The molecule has 0 radical (unpaired) electrons. The van der Waals surface area contributed by atoms with Crippen molar-refractivity contribution in [2.24, 2.45) is 11.5 Å². The van der Waals surface area contributed by atoms with Gasteiger partial charge in [-0.05, 0) is 30.5 Å². The van der Waals surface area contributed by atoms with Crippen molar-refractivity contribution in [3.8, 4) is 0 Å². The van der Waals surface area contributed by atoms with Crippen molar-refractivity contribution in [2.75, 3.05) is 6.54 Å². The Morgan fingerprint density at radius 3 is 2.19 bits per heavy atom. The van der Waals surface area contributed by atoms with E-state index in [-0.39, 0.29) is 12.6 Å². The lowest BCUT2D eigenvalue weighted by Gasteiger charge is -2.18. The number of carbonyl (C=O) groups is 2. The zero-order valence-corrected chi connectivity index (χ0v) is 15.3. The molecule has 1 aromatic carbocycles. The first-order valence-corrected chi connectivity index (χ1v) is 10.0. The molecule has 0 fully saturated rings. The van der Waals surface area contributed by atoms with Gasteiger partial charge in [-0.15, -0.1) is 0 Å². The zero-order valence-electron chi connectivity index (χ0n) is 14.4. The maximum Gasteiger partial charge on any atom is 0.329 e. The summed E-state index contributed by atoms with van der Waals surface area (Å²) in [4.78, 5) is 41.3. The highest BCUT2D eigenvalue weighted by molar-refractivity contribution is 7.50. The highest BCUT2D eigenvalue weighted by atomic mass is 31.2. The Bertz CT molecular complexity index is 646. The van der Waals surface area contributed by atoms with Crippen molar-refractivity contribution in [3.05, 3.63) is 35.4 Å². The maximum absolute atomic E-state index is 12.0. The van der Waals surface area contributed by atoms with E-state index in [0.29, 0.717) is 30.5 Å². The fourth-order valence-electron chi connectivity index (χ4n) is 2.37. The third-order valence-electron chi connectivity index (χ3n) is 3.77. The first-order chi connectivity index (χ1) is 12.1. The van der Waals surface area contributed by atoms with Gasteiger partial charge < -0.3 is 31.7 Å². The molecule has 0 unspecified atom stereocenters. The van der Waals surface area contributed by atoms with E-state index < -0.39 is 31.6 Å². The first kappa shape index (κ1) is 22.3. The number of hydrogen-bond donors (Lipinski definition) is 6. The molecule has 0 aliphatic heterocycles. The van der Waals surface area contributed by atoms with Crippen LogP contribution in [0.15, 0.2) is 24.3 Å². The van der Waals surface area contributed by atoms with E-state index in [0.717, 1.165) is 6.42 Å². The van der Waals surface area contributed by atoms with E-state index in [1.54, 1.807) is 12.1 Å². The van der Waals surface area contributed by atoms with Gasteiger partial charge in [0.1, 0.15) is 6.04 Å². The molecule has 0 aromatic heterocycles. The summed E-state index contributed by atoms with van der Waals surface area (Å²) in [5, 5.41) is 11.7. The molecule has 0 aliphatic carbocycles. The Balaban J connectivity index is 2.66. The van der Waals surface area contributed by atoms with Gasteiger partial charge in [0.05, 0.1) is 12.2 Å². The summed E-state index contributed by atoms with van der Waals surface area (Å²) in [6, 6.07) is 4.26. The molecule has 146 valence electrons. The number of hydrogen-bond acceptors (Lipinski definition) is 5. The van der Waals surface area contributed by atoms with Crippen molar-refractivity contribution in [1.29, 1.82) is 0 Å². The van der Waals surface area contributed by atoms with E-state index in [4.69, 9.17) is 21.3 Å². The quantitative estimate of drug-likeness (QED) is 0.226. The average molecular weight is 387 g/mol. The second-order valence-corrected chi connectivity index (χ2v) is 7.78. The van der Waals surface area contributed by atoms with E-state index in [9.17, 15) is 19.3 Å². The Labute approximate surface area is 151 Å². The molecule has 26 heavy (non-hydrogen) atoms. The summed E-state index contributed by atoms with van der Waals surface area (Å²) in [6.45, 7) is 0.504. The molecule has 2 atom stereocenters.